The highest BCUT2D eigenvalue weighted by Crippen LogP contribution is 2.46. The molecule has 2 aromatic heterocycles. The van der Waals surface area contributed by atoms with E-state index in [-0.39, 0.29) is 12.1 Å². The van der Waals surface area contributed by atoms with Gasteiger partial charge in [0.2, 0.25) is 0 Å². The van der Waals surface area contributed by atoms with E-state index in [2.05, 4.69) is 76.9 Å². The minimum atomic E-state index is 0.0122. The van der Waals surface area contributed by atoms with E-state index in [9.17, 15) is 0 Å². The van der Waals surface area contributed by atoms with Crippen LogP contribution >= 0.6 is 12.2 Å². The van der Waals surface area contributed by atoms with E-state index in [1.165, 1.54) is 35.4 Å². The second-order valence-corrected chi connectivity index (χ2v) is 8.65. The number of nitrogens with zero attached hydrogens (tertiary/aromatic N) is 3. The molecule has 1 N–H and O–H groups in total. The smallest absolute Gasteiger partial charge is 0.174 e. The highest BCUT2D eigenvalue weighted by molar-refractivity contribution is 7.80. The standard InChI is InChI=1S/C24H26N4S/c1-15-7-9-19(10-8-15)28-23(20-14-16(2)27(17(20)3)18-11-12-18)22(26-24(28)29)21-6-4-5-13-25-21/h4-10,13-14,18,22-23H,11-12H2,1-3H3,(H,26,29). The zero-order chi connectivity index (χ0) is 20.1. The van der Waals surface area contributed by atoms with E-state index in [1.807, 2.05) is 18.3 Å². The van der Waals surface area contributed by atoms with Crippen molar-refractivity contribution in [1.29, 1.82) is 0 Å². The number of nitrogens with one attached hydrogen (secondary N) is 1. The fourth-order valence-corrected chi connectivity index (χ4v) is 5.00. The summed E-state index contributed by atoms with van der Waals surface area (Å²) in [6.45, 7) is 6.59. The predicted molar refractivity (Wildman–Crippen MR) is 121 cm³/mol. The Morgan fingerprint density at radius 2 is 1.79 bits per heavy atom. The summed E-state index contributed by atoms with van der Waals surface area (Å²) < 4.78 is 2.51. The fraction of sp³-hybridized carbons (Fsp3) is 0.333. The van der Waals surface area contributed by atoms with Gasteiger partial charge in [-0.15, -0.1) is 0 Å². The fourth-order valence-electron chi connectivity index (χ4n) is 4.65. The van der Waals surface area contributed by atoms with Crippen LogP contribution in [0, 0.1) is 20.8 Å². The van der Waals surface area contributed by atoms with Crippen LogP contribution in [0.3, 0.4) is 0 Å². The molecule has 2 aliphatic rings. The molecule has 2 unspecified atom stereocenters. The quantitative estimate of drug-likeness (QED) is 0.599. The summed E-state index contributed by atoms with van der Waals surface area (Å²) in [6.07, 6.45) is 4.42. The van der Waals surface area contributed by atoms with E-state index in [0.717, 1.165) is 16.5 Å². The molecule has 5 heteroatoms. The SMILES string of the molecule is Cc1ccc(N2C(=S)NC(c3ccccn3)C2c2cc(C)n(C3CC3)c2C)cc1. The first-order valence-electron chi connectivity index (χ1n) is 10.3. The Labute approximate surface area is 177 Å². The molecule has 29 heavy (non-hydrogen) atoms. The zero-order valence-electron chi connectivity index (χ0n) is 17.1. The van der Waals surface area contributed by atoms with Gasteiger partial charge in [0.15, 0.2) is 5.11 Å². The second kappa shape index (κ2) is 6.99. The van der Waals surface area contributed by atoms with Gasteiger partial charge in [-0.2, -0.15) is 0 Å². The summed E-state index contributed by atoms with van der Waals surface area (Å²) in [5.41, 5.74) is 7.40. The summed E-state index contributed by atoms with van der Waals surface area (Å²) in [5, 5.41) is 4.32. The Balaban J connectivity index is 1.66. The van der Waals surface area contributed by atoms with Crippen LogP contribution in [-0.4, -0.2) is 14.7 Å². The molecule has 1 aromatic carbocycles. The molecule has 1 aliphatic carbocycles. The van der Waals surface area contributed by atoms with E-state index in [4.69, 9.17) is 12.2 Å². The van der Waals surface area contributed by atoms with Crippen LogP contribution in [0.5, 0.6) is 0 Å². The van der Waals surface area contributed by atoms with Crippen molar-refractivity contribution in [3.63, 3.8) is 0 Å². The number of rotatable bonds is 4. The van der Waals surface area contributed by atoms with Crippen molar-refractivity contribution >= 4 is 23.0 Å². The molecule has 0 radical (unpaired) electrons. The third kappa shape index (κ3) is 3.14. The van der Waals surface area contributed by atoms with Crippen LogP contribution in [0.15, 0.2) is 54.7 Å². The largest absolute Gasteiger partial charge is 0.351 e. The van der Waals surface area contributed by atoms with E-state index < -0.39 is 0 Å². The molecular formula is C24H26N4S. The molecule has 0 spiro atoms. The monoisotopic (exact) mass is 402 g/mol. The molecule has 4 nitrogen and oxygen atoms in total. The second-order valence-electron chi connectivity index (χ2n) is 8.26. The summed E-state index contributed by atoms with van der Waals surface area (Å²) >= 11 is 5.84. The van der Waals surface area contributed by atoms with Gasteiger partial charge in [0.05, 0.1) is 17.8 Å². The lowest BCUT2D eigenvalue weighted by Gasteiger charge is -2.28. The van der Waals surface area contributed by atoms with Crippen LogP contribution in [0.2, 0.25) is 0 Å². The van der Waals surface area contributed by atoms with Gasteiger partial charge >= 0.3 is 0 Å². The normalized spacial score (nSPS) is 21.5. The average Bonchev–Trinajstić information content (AvgIpc) is 3.43. The number of hydrogen-bond donors (Lipinski definition) is 1. The molecule has 1 aliphatic heterocycles. The third-order valence-corrected chi connectivity index (χ3v) is 6.48. The number of thiocarbonyl (C=S) groups is 1. The number of benzene rings is 1. The Morgan fingerprint density at radius 3 is 2.45 bits per heavy atom. The summed E-state index contributed by atoms with van der Waals surface area (Å²) in [5.74, 6) is 0. The molecular weight excluding hydrogens is 376 g/mol. The highest BCUT2D eigenvalue weighted by Gasteiger charge is 2.42. The van der Waals surface area contributed by atoms with Gasteiger partial charge < -0.3 is 14.8 Å². The van der Waals surface area contributed by atoms with Gasteiger partial charge in [0.25, 0.3) is 0 Å². The van der Waals surface area contributed by atoms with Crippen molar-refractivity contribution in [3.05, 3.63) is 82.9 Å². The number of pyridine rings is 1. The molecule has 3 aromatic rings. The lowest BCUT2D eigenvalue weighted by Crippen LogP contribution is -2.29. The van der Waals surface area contributed by atoms with Crippen LogP contribution in [-0.2, 0) is 0 Å². The maximum Gasteiger partial charge on any atom is 0.174 e. The topological polar surface area (TPSA) is 33.1 Å². The number of aryl methyl sites for hydroxylation is 2. The summed E-state index contributed by atoms with van der Waals surface area (Å²) in [7, 11) is 0. The van der Waals surface area contributed by atoms with Gasteiger partial charge in [0, 0.05) is 29.3 Å². The number of aromatic nitrogens is 2. The lowest BCUT2D eigenvalue weighted by atomic mass is 9.96. The molecule has 3 heterocycles. The van der Waals surface area contributed by atoms with Crippen LogP contribution in [0.25, 0.3) is 0 Å². The molecule has 0 bridgehead atoms. The van der Waals surface area contributed by atoms with Crippen molar-refractivity contribution in [2.45, 2.75) is 51.7 Å². The zero-order valence-corrected chi connectivity index (χ0v) is 17.9. The Kier molecular flexibility index (Phi) is 4.43. The first-order valence-corrected chi connectivity index (χ1v) is 10.7. The first kappa shape index (κ1) is 18.4. The van der Waals surface area contributed by atoms with E-state index >= 15 is 0 Å². The molecule has 2 atom stereocenters. The van der Waals surface area contributed by atoms with Crippen LogP contribution < -0.4 is 10.2 Å². The van der Waals surface area contributed by atoms with Gasteiger partial charge in [0.1, 0.15) is 0 Å². The molecule has 1 saturated heterocycles. The van der Waals surface area contributed by atoms with Gasteiger partial charge in [-0.25, -0.2) is 0 Å². The maximum atomic E-state index is 5.84. The molecule has 1 saturated carbocycles. The van der Waals surface area contributed by atoms with E-state index in [0.29, 0.717) is 6.04 Å². The Hall–Kier alpha value is -2.66. The number of anilines is 1. The van der Waals surface area contributed by atoms with Gasteiger partial charge in [-0.05, 0) is 81.7 Å². The predicted octanol–water partition coefficient (Wildman–Crippen LogP) is 5.32. The Morgan fingerprint density at radius 1 is 1.03 bits per heavy atom. The molecule has 0 amide bonds. The molecule has 148 valence electrons. The number of hydrogen-bond acceptors (Lipinski definition) is 2. The Bertz CT molecular complexity index is 1050. The molecule has 2 fully saturated rings. The van der Waals surface area contributed by atoms with Crippen molar-refractivity contribution in [1.82, 2.24) is 14.9 Å². The minimum absolute atomic E-state index is 0.0122. The van der Waals surface area contributed by atoms with Crippen molar-refractivity contribution in [2.24, 2.45) is 0 Å². The van der Waals surface area contributed by atoms with Crippen LogP contribution in [0.4, 0.5) is 5.69 Å². The first-order chi connectivity index (χ1) is 14.0. The van der Waals surface area contributed by atoms with Crippen molar-refractivity contribution in [3.8, 4) is 0 Å². The summed E-state index contributed by atoms with van der Waals surface area (Å²) in [4.78, 5) is 6.93. The molecule has 5 rings (SSSR count). The third-order valence-electron chi connectivity index (χ3n) is 6.16. The average molecular weight is 403 g/mol. The van der Waals surface area contributed by atoms with Gasteiger partial charge in [-0.3, -0.25) is 4.98 Å². The van der Waals surface area contributed by atoms with Crippen molar-refractivity contribution < 1.29 is 0 Å². The minimum Gasteiger partial charge on any atom is -0.351 e. The van der Waals surface area contributed by atoms with Crippen LogP contribution in [0.1, 0.15) is 59.2 Å². The van der Waals surface area contributed by atoms with E-state index in [1.54, 1.807) is 0 Å². The van der Waals surface area contributed by atoms with Gasteiger partial charge in [-0.1, -0.05) is 23.8 Å². The maximum absolute atomic E-state index is 5.84. The summed E-state index contributed by atoms with van der Waals surface area (Å²) in [6, 6.07) is 17.8. The lowest BCUT2D eigenvalue weighted by molar-refractivity contribution is 0.562. The van der Waals surface area contributed by atoms with Crippen molar-refractivity contribution in [2.75, 3.05) is 4.90 Å². The highest BCUT2D eigenvalue weighted by atomic mass is 32.1.